The first-order valence-corrected chi connectivity index (χ1v) is 9.79. The van der Waals surface area contributed by atoms with Crippen molar-refractivity contribution < 1.29 is 9.53 Å². The van der Waals surface area contributed by atoms with E-state index in [4.69, 9.17) is 16.3 Å². The highest BCUT2D eigenvalue weighted by molar-refractivity contribution is 8.16. The van der Waals surface area contributed by atoms with Crippen molar-refractivity contribution in [1.29, 1.82) is 0 Å². The summed E-state index contributed by atoms with van der Waals surface area (Å²) in [6.45, 7) is 3.64. The third kappa shape index (κ3) is 3.71. The molecule has 0 spiro atoms. The number of hydrogen-bond donors (Lipinski definition) is 0. The van der Waals surface area contributed by atoms with Crippen molar-refractivity contribution in [3.63, 3.8) is 0 Å². The monoisotopic (exact) mass is 377 g/mol. The van der Waals surface area contributed by atoms with Gasteiger partial charge in [-0.15, -0.1) is 0 Å². The third-order valence-corrected chi connectivity index (χ3v) is 5.86. The topological polar surface area (TPSA) is 45.1 Å². The number of aliphatic imine (C=N–C) groups is 1. The molecule has 25 heavy (non-hydrogen) atoms. The van der Waals surface area contributed by atoms with Gasteiger partial charge in [-0.1, -0.05) is 35.5 Å². The number of hydrogen-bond acceptors (Lipinski definition) is 5. The molecule has 3 aliphatic heterocycles. The largest absolute Gasteiger partial charge is 0.370 e. The molecule has 1 unspecified atom stereocenters. The molecule has 0 N–H and O–H groups in total. The zero-order valence-corrected chi connectivity index (χ0v) is 15.4. The fourth-order valence-corrected chi connectivity index (χ4v) is 4.37. The Labute approximate surface area is 156 Å². The van der Waals surface area contributed by atoms with Crippen LogP contribution in [0, 0.1) is 0 Å². The van der Waals surface area contributed by atoms with Gasteiger partial charge in [-0.3, -0.25) is 9.79 Å². The highest BCUT2D eigenvalue weighted by Gasteiger charge is 2.30. The lowest BCUT2D eigenvalue weighted by Crippen LogP contribution is -2.43. The number of fused-ring (bicyclic) bond motifs is 1. The van der Waals surface area contributed by atoms with E-state index in [-0.39, 0.29) is 12.0 Å². The molecule has 1 aromatic rings. The molecule has 3 heterocycles. The van der Waals surface area contributed by atoms with Gasteiger partial charge in [-0.25, -0.2) is 0 Å². The summed E-state index contributed by atoms with van der Waals surface area (Å²) in [5.41, 5.74) is 2.13. The second kappa shape index (κ2) is 7.40. The molecule has 0 aromatic heterocycles. The van der Waals surface area contributed by atoms with Crippen LogP contribution in [0.1, 0.15) is 24.5 Å². The van der Waals surface area contributed by atoms with E-state index in [2.05, 4.69) is 15.3 Å². The first-order valence-electron chi connectivity index (χ1n) is 8.53. The summed E-state index contributed by atoms with van der Waals surface area (Å²) >= 11 is 7.58. The highest BCUT2D eigenvalue weighted by Crippen LogP contribution is 2.31. The molecular formula is C18H20ClN3O2S. The van der Waals surface area contributed by atoms with E-state index in [1.165, 1.54) is 0 Å². The molecule has 7 heteroatoms. The molecule has 0 bridgehead atoms. The van der Waals surface area contributed by atoms with Crippen molar-refractivity contribution in [3.05, 3.63) is 46.0 Å². The summed E-state index contributed by atoms with van der Waals surface area (Å²) in [7, 11) is 0. The molecular weight excluding hydrogens is 358 g/mol. The number of morpholine rings is 1. The van der Waals surface area contributed by atoms with E-state index in [1.54, 1.807) is 11.8 Å². The van der Waals surface area contributed by atoms with Gasteiger partial charge >= 0.3 is 0 Å². The van der Waals surface area contributed by atoms with Crippen molar-refractivity contribution >= 4 is 34.4 Å². The number of halogens is 1. The summed E-state index contributed by atoms with van der Waals surface area (Å²) in [4.78, 5) is 21.4. The van der Waals surface area contributed by atoms with E-state index in [9.17, 15) is 4.79 Å². The maximum absolute atomic E-state index is 12.8. The minimum absolute atomic E-state index is 0.0889. The number of nitrogens with zero attached hydrogens (tertiary/aromatic N) is 3. The van der Waals surface area contributed by atoms with Crippen molar-refractivity contribution in [2.45, 2.75) is 18.9 Å². The number of ether oxygens (including phenoxy) is 1. The second-order valence-electron chi connectivity index (χ2n) is 6.32. The zero-order valence-electron chi connectivity index (χ0n) is 13.9. The molecule has 0 saturated carbocycles. The van der Waals surface area contributed by atoms with Crippen LogP contribution in [0.3, 0.4) is 0 Å². The van der Waals surface area contributed by atoms with Crippen LogP contribution in [0.25, 0.3) is 0 Å². The molecule has 5 nitrogen and oxygen atoms in total. The fraction of sp³-hybridized carbons (Fsp3) is 0.444. The molecule has 1 fully saturated rings. The lowest BCUT2D eigenvalue weighted by molar-refractivity contribution is -0.138. The summed E-state index contributed by atoms with van der Waals surface area (Å²) in [6.07, 6.45) is 1.39. The lowest BCUT2D eigenvalue weighted by atomic mass is 10.1. The van der Waals surface area contributed by atoms with E-state index < -0.39 is 0 Å². The van der Waals surface area contributed by atoms with Gasteiger partial charge in [-0.05, 0) is 29.5 Å². The van der Waals surface area contributed by atoms with Gasteiger partial charge in [0.1, 0.15) is 6.10 Å². The van der Waals surface area contributed by atoms with Crippen molar-refractivity contribution in [2.75, 3.05) is 32.8 Å². The van der Waals surface area contributed by atoms with Crippen LogP contribution in [-0.4, -0.2) is 53.7 Å². The second-order valence-corrected chi connectivity index (χ2v) is 7.60. The van der Waals surface area contributed by atoms with Crippen molar-refractivity contribution in [3.8, 4) is 0 Å². The molecule has 1 atom stereocenters. The Morgan fingerprint density at radius 2 is 2.16 bits per heavy atom. The minimum Gasteiger partial charge on any atom is -0.370 e. The lowest BCUT2D eigenvalue weighted by Gasteiger charge is -2.34. The molecule has 1 saturated heterocycles. The normalized spacial score (nSPS) is 23.2. The van der Waals surface area contributed by atoms with Crippen LogP contribution < -0.4 is 0 Å². The van der Waals surface area contributed by atoms with Crippen LogP contribution in [0.4, 0.5) is 0 Å². The number of carbonyl (C=O) groups excluding carboxylic acids is 1. The summed E-state index contributed by atoms with van der Waals surface area (Å²) in [5.74, 6) is 0.154. The molecule has 0 radical (unpaired) electrons. The number of amidine groups is 1. The Morgan fingerprint density at radius 1 is 1.32 bits per heavy atom. The number of carbonyl (C=O) groups is 1. The van der Waals surface area contributed by atoms with Crippen LogP contribution in [0.5, 0.6) is 0 Å². The average molecular weight is 378 g/mol. The maximum atomic E-state index is 12.8. The van der Waals surface area contributed by atoms with Gasteiger partial charge in [0.2, 0.25) is 5.91 Å². The predicted octanol–water partition coefficient (Wildman–Crippen LogP) is 3.28. The van der Waals surface area contributed by atoms with Crippen molar-refractivity contribution in [2.24, 2.45) is 4.99 Å². The van der Waals surface area contributed by atoms with Gasteiger partial charge in [0, 0.05) is 30.4 Å². The Bertz CT molecular complexity index is 720. The smallest absolute Gasteiger partial charge is 0.228 e. The SMILES string of the molecule is O=C(CC1=CSC2=NCCCN12)N1CCOC(c2ccc(Cl)cc2)C1. The first kappa shape index (κ1) is 16.9. The minimum atomic E-state index is -0.0889. The predicted molar refractivity (Wildman–Crippen MR) is 101 cm³/mol. The van der Waals surface area contributed by atoms with Crippen LogP contribution in [0.2, 0.25) is 5.02 Å². The van der Waals surface area contributed by atoms with Crippen molar-refractivity contribution in [1.82, 2.24) is 9.80 Å². The van der Waals surface area contributed by atoms with Gasteiger partial charge in [0.05, 0.1) is 19.6 Å². The number of amides is 1. The number of benzene rings is 1. The van der Waals surface area contributed by atoms with Gasteiger partial charge in [0.25, 0.3) is 0 Å². The maximum Gasteiger partial charge on any atom is 0.228 e. The van der Waals surface area contributed by atoms with Crippen LogP contribution in [-0.2, 0) is 9.53 Å². The Balaban J connectivity index is 1.39. The fourth-order valence-electron chi connectivity index (χ4n) is 3.29. The van der Waals surface area contributed by atoms with Gasteiger partial charge < -0.3 is 14.5 Å². The van der Waals surface area contributed by atoms with Crippen LogP contribution in [0.15, 0.2) is 40.4 Å². The quantitative estimate of drug-likeness (QED) is 0.810. The van der Waals surface area contributed by atoms with E-state index in [1.807, 2.05) is 29.2 Å². The van der Waals surface area contributed by atoms with E-state index in [0.29, 0.717) is 31.1 Å². The van der Waals surface area contributed by atoms with E-state index >= 15 is 0 Å². The summed E-state index contributed by atoms with van der Waals surface area (Å²) < 4.78 is 5.85. The Kier molecular flexibility index (Phi) is 5.01. The molecule has 3 aliphatic rings. The summed E-state index contributed by atoms with van der Waals surface area (Å²) in [6, 6.07) is 7.65. The third-order valence-electron chi connectivity index (χ3n) is 4.66. The average Bonchev–Trinajstić information content (AvgIpc) is 3.05. The molecule has 0 aliphatic carbocycles. The molecule has 4 rings (SSSR count). The number of thioether (sulfide) groups is 1. The van der Waals surface area contributed by atoms with Crippen LogP contribution >= 0.6 is 23.4 Å². The Morgan fingerprint density at radius 3 is 3.00 bits per heavy atom. The van der Waals surface area contributed by atoms with Gasteiger partial charge in [-0.2, -0.15) is 0 Å². The molecule has 1 amide bonds. The molecule has 1 aromatic carbocycles. The Hall–Kier alpha value is -1.50. The highest BCUT2D eigenvalue weighted by atomic mass is 35.5. The zero-order chi connectivity index (χ0) is 17.2. The standard InChI is InChI=1S/C18H20ClN3O2S/c19-14-4-2-13(3-5-14)16-11-21(8-9-24-16)17(23)10-15-12-25-18-20-6-1-7-22(15)18/h2-5,12,16H,1,6-11H2. The van der Waals surface area contributed by atoms with E-state index in [0.717, 1.165) is 35.9 Å². The number of rotatable bonds is 3. The first-order chi connectivity index (χ1) is 12.2. The van der Waals surface area contributed by atoms with Gasteiger partial charge in [0.15, 0.2) is 5.17 Å². The molecule has 132 valence electrons. The summed E-state index contributed by atoms with van der Waals surface area (Å²) in [5, 5.41) is 3.81.